The molecule has 116 valence electrons. The number of aliphatic hydroxyl groups excluding tert-OH is 1. The maximum atomic E-state index is 9.12. The zero-order valence-corrected chi connectivity index (χ0v) is 12.6. The third-order valence-electron chi connectivity index (χ3n) is 4.46. The quantitative estimate of drug-likeness (QED) is 0.693. The lowest BCUT2D eigenvalue weighted by atomic mass is 10.0. The van der Waals surface area contributed by atoms with Crippen LogP contribution in [0.25, 0.3) is 0 Å². The van der Waals surface area contributed by atoms with Gasteiger partial charge in [0, 0.05) is 33.3 Å². The molecule has 2 fully saturated rings. The normalized spacial score (nSPS) is 19.6. The third-order valence-corrected chi connectivity index (χ3v) is 4.46. The van der Waals surface area contributed by atoms with Gasteiger partial charge in [0.1, 0.15) is 0 Å². The van der Waals surface area contributed by atoms with Crippen molar-refractivity contribution in [1.29, 1.82) is 0 Å². The monoisotopic (exact) mass is 292 g/mol. The van der Waals surface area contributed by atoms with Crippen molar-refractivity contribution in [3.63, 3.8) is 0 Å². The highest BCUT2D eigenvalue weighted by Crippen LogP contribution is 2.48. The Bertz CT molecular complexity index is 484. The number of hydrogen-bond acceptors (Lipinski definition) is 7. The molecule has 3 N–H and O–H groups in total. The summed E-state index contributed by atoms with van der Waals surface area (Å²) in [6.07, 6.45) is 5.59. The number of aliphatic hydroxyl groups is 1. The molecule has 7 nitrogen and oxygen atoms in total. The molecule has 0 spiro atoms. The second-order valence-corrected chi connectivity index (χ2v) is 6.05. The fraction of sp³-hybridized carbons (Fsp3) is 0.786. The predicted octanol–water partition coefficient (Wildman–Crippen LogP) is 1.09. The molecule has 0 bridgehead atoms. The van der Waals surface area contributed by atoms with Crippen molar-refractivity contribution in [2.45, 2.75) is 32.1 Å². The van der Waals surface area contributed by atoms with Gasteiger partial charge in [-0.2, -0.15) is 15.0 Å². The van der Waals surface area contributed by atoms with Crippen LogP contribution in [0, 0.1) is 5.41 Å². The molecule has 3 rings (SSSR count). The fourth-order valence-corrected chi connectivity index (χ4v) is 2.81. The summed E-state index contributed by atoms with van der Waals surface area (Å²) in [6, 6.07) is 0. The Morgan fingerprint density at radius 1 is 1.14 bits per heavy atom. The van der Waals surface area contributed by atoms with Crippen molar-refractivity contribution in [2.75, 3.05) is 48.8 Å². The lowest BCUT2D eigenvalue weighted by Gasteiger charge is -2.18. The van der Waals surface area contributed by atoms with Crippen molar-refractivity contribution in [2.24, 2.45) is 5.41 Å². The first-order chi connectivity index (χ1) is 10.2. The number of rotatable bonds is 7. The summed E-state index contributed by atoms with van der Waals surface area (Å²) in [5, 5.41) is 15.5. The third kappa shape index (κ3) is 3.34. The van der Waals surface area contributed by atoms with E-state index >= 15 is 0 Å². The van der Waals surface area contributed by atoms with E-state index in [1.807, 2.05) is 7.05 Å². The molecular weight excluding hydrogens is 268 g/mol. The molecule has 0 amide bonds. The van der Waals surface area contributed by atoms with Crippen molar-refractivity contribution in [3.8, 4) is 0 Å². The van der Waals surface area contributed by atoms with Crippen LogP contribution in [-0.2, 0) is 0 Å². The highest BCUT2D eigenvalue weighted by atomic mass is 16.3. The zero-order valence-electron chi connectivity index (χ0n) is 12.6. The molecule has 1 aromatic heterocycles. The van der Waals surface area contributed by atoms with E-state index in [-0.39, 0.29) is 12.0 Å². The Kier molecular flexibility index (Phi) is 4.10. The van der Waals surface area contributed by atoms with Crippen LogP contribution in [0.2, 0.25) is 0 Å². The van der Waals surface area contributed by atoms with Gasteiger partial charge in [0.15, 0.2) is 0 Å². The van der Waals surface area contributed by atoms with Crippen LogP contribution in [0.5, 0.6) is 0 Å². The Labute approximate surface area is 125 Å². The first-order valence-electron chi connectivity index (χ1n) is 7.78. The first kappa shape index (κ1) is 14.3. The second kappa shape index (κ2) is 6.01. The second-order valence-electron chi connectivity index (χ2n) is 6.05. The minimum absolute atomic E-state index is 0.245. The van der Waals surface area contributed by atoms with Gasteiger partial charge in [0.25, 0.3) is 0 Å². The van der Waals surface area contributed by atoms with Crippen LogP contribution in [-0.4, -0.2) is 53.3 Å². The van der Waals surface area contributed by atoms with Crippen molar-refractivity contribution >= 4 is 17.8 Å². The number of nitrogens with one attached hydrogen (secondary N) is 2. The van der Waals surface area contributed by atoms with E-state index in [1.54, 1.807) is 0 Å². The van der Waals surface area contributed by atoms with Gasteiger partial charge >= 0.3 is 0 Å². The van der Waals surface area contributed by atoms with Crippen LogP contribution in [0.4, 0.5) is 17.8 Å². The number of nitrogens with zero attached hydrogens (tertiary/aromatic N) is 4. The molecule has 7 heteroatoms. The number of hydrogen-bond donors (Lipinski definition) is 3. The van der Waals surface area contributed by atoms with Crippen molar-refractivity contribution in [3.05, 3.63) is 0 Å². The average molecular weight is 292 g/mol. The van der Waals surface area contributed by atoms with E-state index in [2.05, 4.69) is 30.5 Å². The summed E-state index contributed by atoms with van der Waals surface area (Å²) < 4.78 is 0. The molecule has 21 heavy (non-hydrogen) atoms. The Morgan fingerprint density at radius 3 is 2.48 bits per heavy atom. The van der Waals surface area contributed by atoms with Gasteiger partial charge in [-0.3, -0.25) is 0 Å². The Morgan fingerprint density at radius 2 is 1.86 bits per heavy atom. The molecule has 0 radical (unpaired) electrons. The Balaban J connectivity index is 1.70. The van der Waals surface area contributed by atoms with E-state index < -0.39 is 0 Å². The standard InChI is InChI=1S/C14H24N6O/c1-15-11-17-12(16-10-14(4-5-14)6-9-21)19-13(18-11)20-7-2-3-8-20/h21H,2-10H2,1H3,(H2,15,16,17,18,19). The number of anilines is 3. The summed E-state index contributed by atoms with van der Waals surface area (Å²) in [4.78, 5) is 15.6. The lowest BCUT2D eigenvalue weighted by molar-refractivity contribution is 0.253. The van der Waals surface area contributed by atoms with Gasteiger partial charge in [-0.15, -0.1) is 0 Å². The molecular formula is C14H24N6O. The van der Waals surface area contributed by atoms with Gasteiger partial charge in [0.05, 0.1) is 0 Å². The molecule has 0 unspecified atom stereocenters. The summed E-state index contributed by atoms with van der Waals surface area (Å²) in [7, 11) is 1.82. The maximum absolute atomic E-state index is 9.12. The largest absolute Gasteiger partial charge is 0.396 e. The van der Waals surface area contributed by atoms with Crippen LogP contribution >= 0.6 is 0 Å². The zero-order chi connectivity index (χ0) is 14.7. The fourth-order valence-electron chi connectivity index (χ4n) is 2.81. The van der Waals surface area contributed by atoms with E-state index in [9.17, 15) is 0 Å². The highest BCUT2D eigenvalue weighted by Gasteiger charge is 2.41. The van der Waals surface area contributed by atoms with Crippen LogP contribution in [0.3, 0.4) is 0 Å². The molecule has 0 atom stereocenters. The molecule has 1 saturated heterocycles. The Hall–Kier alpha value is -1.63. The molecule has 1 aliphatic carbocycles. The SMILES string of the molecule is CNc1nc(NCC2(CCO)CC2)nc(N2CCCC2)n1. The summed E-state index contributed by atoms with van der Waals surface area (Å²) >= 11 is 0. The summed E-state index contributed by atoms with van der Waals surface area (Å²) in [5.74, 6) is 1.98. The number of aromatic nitrogens is 3. The minimum Gasteiger partial charge on any atom is -0.396 e. The minimum atomic E-state index is 0.245. The van der Waals surface area contributed by atoms with E-state index in [1.165, 1.54) is 25.7 Å². The van der Waals surface area contributed by atoms with E-state index in [0.29, 0.717) is 11.9 Å². The summed E-state index contributed by atoms with van der Waals surface area (Å²) in [5.41, 5.74) is 0.245. The lowest BCUT2D eigenvalue weighted by Crippen LogP contribution is -2.23. The highest BCUT2D eigenvalue weighted by molar-refractivity contribution is 5.44. The van der Waals surface area contributed by atoms with Crippen molar-refractivity contribution < 1.29 is 5.11 Å². The van der Waals surface area contributed by atoms with Gasteiger partial charge in [-0.1, -0.05) is 0 Å². The first-order valence-corrected chi connectivity index (χ1v) is 7.78. The van der Waals surface area contributed by atoms with E-state index in [4.69, 9.17) is 5.11 Å². The van der Waals surface area contributed by atoms with Crippen LogP contribution in [0.1, 0.15) is 32.1 Å². The molecule has 1 saturated carbocycles. The topological polar surface area (TPSA) is 86.2 Å². The molecule has 0 aromatic carbocycles. The molecule has 2 heterocycles. The van der Waals surface area contributed by atoms with Crippen molar-refractivity contribution in [1.82, 2.24) is 15.0 Å². The van der Waals surface area contributed by atoms with Crippen LogP contribution in [0.15, 0.2) is 0 Å². The van der Waals surface area contributed by atoms with Gasteiger partial charge in [0.2, 0.25) is 17.8 Å². The van der Waals surface area contributed by atoms with Crippen LogP contribution < -0.4 is 15.5 Å². The molecule has 1 aromatic rings. The molecule has 1 aliphatic heterocycles. The van der Waals surface area contributed by atoms with E-state index in [0.717, 1.165) is 32.0 Å². The van der Waals surface area contributed by atoms with Gasteiger partial charge < -0.3 is 20.6 Å². The predicted molar refractivity (Wildman–Crippen MR) is 82.7 cm³/mol. The van der Waals surface area contributed by atoms with Gasteiger partial charge in [-0.25, -0.2) is 0 Å². The maximum Gasteiger partial charge on any atom is 0.231 e. The molecule has 2 aliphatic rings. The smallest absolute Gasteiger partial charge is 0.231 e. The average Bonchev–Trinajstić information content (AvgIpc) is 3.05. The van der Waals surface area contributed by atoms with Gasteiger partial charge in [-0.05, 0) is 37.5 Å². The summed E-state index contributed by atoms with van der Waals surface area (Å²) in [6.45, 7) is 3.10.